The third-order valence-electron chi connectivity index (χ3n) is 5.23. The van der Waals surface area contributed by atoms with E-state index in [-0.39, 0.29) is 11.9 Å². The average molecular weight is 430 g/mol. The lowest BCUT2D eigenvalue weighted by atomic mass is 9.96. The zero-order chi connectivity index (χ0) is 22.6. The lowest BCUT2D eigenvalue weighted by molar-refractivity contribution is 0.0186. The second kappa shape index (κ2) is 9.49. The number of anilines is 3. The van der Waals surface area contributed by atoms with Crippen molar-refractivity contribution in [2.75, 3.05) is 36.9 Å². The number of carbonyl (C=O) groups is 1. The lowest BCUT2D eigenvalue weighted by Gasteiger charge is -2.35. The van der Waals surface area contributed by atoms with E-state index in [1.165, 1.54) is 12.4 Å². The molecule has 1 saturated heterocycles. The van der Waals surface area contributed by atoms with Crippen LogP contribution < -0.4 is 10.2 Å². The predicted molar refractivity (Wildman–Crippen MR) is 120 cm³/mol. The molecular weight excluding hydrogens is 397 g/mol. The molecule has 1 aliphatic heterocycles. The first kappa shape index (κ1) is 22.8. The minimum Gasteiger partial charge on any atom is -0.444 e. The van der Waals surface area contributed by atoms with Crippen molar-refractivity contribution in [3.8, 4) is 0 Å². The van der Waals surface area contributed by atoms with Crippen LogP contribution in [-0.4, -0.2) is 53.2 Å². The predicted octanol–water partition coefficient (Wildman–Crippen LogP) is 4.75. The number of halogens is 1. The number of nitrogens with zero attached hydrogens (tertiary/aromatic N) is 4. The van der Waals surface area contributed by atoms with Crippen molar-refractivity contribution in [3.05, 3.63) is 42.0 Å². The molecule has 0 spiro atoms. The molecule has 0 bridgehead atoms. The molecule has 1 amide bonds. The fraction of sp³-hybridized carbons (Fsp3) is 0.522. The average Bonchev–Trinajstić information content (AvgIpc) is 2.69. The van der Waals surface area contributed by atoms with Crippen LogP contribution in [0.25, 0.3) is 0 Å². The molecule has 8 heteroatoms. The van der Waals surface area contributed by atoms with Crippen molar-refractivity contribution in [1.82, 2.24) is 14.9 Å². The zero-order valence-electron chi connectivity index (χ0n) is 19.0. The molecule has 0 unspecified atom stereocenters. The number of carbonyl (C=O) groups excluding carboxylic acids is 1. The largest absolute Gasteiger partial charge is 0.444 e. The van der Waals surface area contributed by atoms with Gasteiger partial charge in [0.1, 0.15) is 29.4 Å². The standard InChI is InChI=1S/C23H32FN5O2/c1-16-6-7-19(18(24)12-16)27-20-13-21(26-15-25-20)28(5)14-17-8-10-29(11-9-17)22(30)31-23(2,3)4/h6-7,12-13,15,17H,8-11,14H2,1-5H3,(H,25,26,27). The van der Waals surface area contributed by atoms with E-state index in [2.05, 4.69) is 20.2 Å². The number of likely N-dealkylation sites (tertiary alicyclic amines) is 1. The van der Waals surface area contributed by atoms with E-state index in [4.69, 9.17) is 4.74 Å². The lowest BCUT2D eigenvalue weighted by Crippen LogP contribution is -2.43. The fourth-order valence-electron chi connectivity index (χ4n) is 3.59. The molecule has 7 nitrogen and oxygen atoms in total. The molecule has 0 aliphatic carbocycles. The Kier molecular flexibility index (Phi) is 6.97. The first-order valence-electron chi connectivity index (χ1n) is 10.6. The van der Waals surface area contributed by atoms with Crippen LogP contribution in [0.5, 0.6) is 0 Å². The van der Waals surface area contributed by atoms with Gasteiger partial charge in [-0.15, -0.1) is 0 Å². The highest BCUT2D eigenvalue weighted by molar-refractivity contribution is 5.68. The first-order valence-corrected chi connectivity index (χ1v) is 10.6. The summed E-state index contributed by atoms with van der Waals surface area (Å²) in [4.78, 5) is 24.7. The summed E-state index contributed by atoms with van der Waals surface area (Å²) < 4.78 is 19.6. The third kappa shape index (κ3) is 6.54. The molecule has 168 valence electrons. The van der Waals surface area contributed by atoms with Crippen molar-refractivity contribution in [2.45, 2.75) is 46.1 Å². The summed E-state index contributed by atoms with van der Waals surface area (Å²) in [6.07, 6.45) is 3.06. The van der Waals surface area contributed by atoms with Gasteiger partial charge in [0, 0.05) is 32.7 Å². The summed E-state index contributed by atoms with van der Waals surface area (Å²) in [5.74, 6) is 1.44. The van der Waals surface area contributed by atoms with Crippen LogP contribution in [0.15, 0.2) is 30.6 Å². The molecule has 0 radical (unpaired) electrons. The highest BCUT2D eigenvalue weighted by Gasteiger charge is 2.27. The normalized spacial score (nSPS) is 15.0. The topological polar surface area (TPSA) is 70.6 Å². The second-order valence-electron chi connectivity index (χ2n) is 9.16. The van der Waals surface area contributed by atoms with Gasteiger partial charge in [-0.05, 0) is 64.2 Å². The minimum absolute atomic E-state index is 0.242. The molecule has 0 atom stereocenters. The van der Waals surface area contributed by atoms with Gasteiger partial charge in [-0.25, -0.2) is 19.2 Å². The Morgan fingerprint density at radius 2 is 1.97 bits per heavy atom. The zero-order valence-corrected chi connectivity index (χ0v) is 19.0. The van der Waals surface area contributed by atoms with E-state index in [9.17, 15) is 9.18 Å². The summed E-state index contributed by atoms with van der Waals surface area (Å²) in [7, 11) is 1.98. The van der Waals surface area contributed by atoms with Crippen LogP contribution in [0.2, 0.25) is 0 Å². The molecule has 1 aromatic heterocycles. The number of aromatic nitrogens is 2. The summed E-state index contributed by atoms with van der Waals surface area (Å²) in [6, 6.07) is 6.85. The Morgan fingerprint density at radius 3 is 2.61 bits per heavy atom. The molecule has 1 aliphatic rings. The Bertz CT molecular complexity index is 907. The monoisotopic (exact) mass is 429 g/mol. The van der Waals surface area contributed by atoms with Crippen LogP contribution >= 0.6 is 0 Å². The van der Waals surface area contributed by atoms with Gasteiger partial charge in [-0.1, -0.05) is 6.07 Å². The van der Waals surface area contributed by atoms with Gasteiger partial charge in [0.2, 0.25) is 0 Å². The maximum absolute atomic E-state index is 14.1. The maximum atomic E-state index is 14.1. The fourth-order valence-corrected chi connectivity index (χ4v) is 3.59. The summed E-state index contributed by atoms with van der Waals surface area (Å²) in [5.41, 5.74) is 0.769. The number of aryl methyl sites for hydroxylation is 1. The van der Waals surface area contributed by atoms with E-state index >= 15 is 0 Å². The van der Waals surface area contributed by atoms with Gasteiger partial charge >= 0.3 is 6.09 Å². The van der Waals surface area contributed by atoms with E-state index in [1.54, 1.807) is 11.0 Å². The molecule has 0 saturated carbocycles. The number of amides is 1. The number of nitrogens with one attached hydrogen (secondary N) is 1. The number of hydrogen-bond acceptors (Lipinski definition) is 6. The number of ether oxygens (including phenoxy) is 1. The molecule has 1 fully saturated rings. The van der Waals surface area contributed by atoms with E-state index < -0.39 is 5.60 Å². The second-order valence-corrected chi connectivity index (χ2v) is 9.16. The summed E-state index contributed by atoms with van der Waals surface area (Å²) >= 11 is 0. The Hall–Kier alpha value is -2.90. The van der Waals surface area contributed by atoms with Crippen LogP contribution in [0, 0.1) is 18.7 Å². The van der Waals surface area contributed by atoms with E-state index in [1.807, 2.05) is 46.9 Å². The van der Waals surface area contributed by atoms with Crippen LogP contribution in [0.1, 0.15) is 39.2 Å². The van der Waals surface area contributed by atoms with E-state index in [0.717, 1.165) is 30.8 Å². The van der Waals surface area contributed by atoms with Crippen molar-refractivity contribution < 1.29 is 13.9 Å². The number of rotatable bonds is 5. The van der Waals surface area contributed by atoms with Gasteiger partial charge in [0.15, 0.2) is 0 Å². The Balaban J connectivity index is 1.55. The van der Waals surface area contributed by atoms with Crippen molar-refractivity contribution in [2.24, 2.45) is 5.92 Å². The third-order valence-corrected chi connectivity index (χ3v) is 5.23. The molecule has 1 N–H and O–H groups in total. The molecular formula is C23H32FN5O2. The molecule has 2 aromatic rings. The minimum atomic E-state index is -0.478. The Labute approximate surface area is 183 Å². The van der Waals surface area contributed by atoms with Crippen molar-refractivity contribution in [3.63, 3.8) is 0 Å². The summed E-state index contributed by atoms with van der Waals surface area (Å²) in [5, 5.41) is 3.02. The van der Waals surface area contributed by atoms with Crippen LogP contribution in [0.4, 0.5) is 26.5 Å². The van der Waals surface area contributed by atoms with Gasteiger partial charge in [-0.3, -0.25) is 0 Å². The van der Waals surface area contributed by atoms with Crippen molar-refractivity contribution in [1.29, 1.82) is 0 Å². The maximum Gasteiger partial charge on any atom is 0.410 e. The van der Waals surface area contributed by atoms with E-state index in [0.29, 0.717) is 30.5 Å². The van der Waals surface area contributed by atoms with Crippen LogP contribution in [-0.2, 0) is 4.74 Å². The van der Waals surface area contributed by atoms with Gasteiger partial charge in [0.25, 0.3) is 0 Å². The quantitative estimate of drug-likeness (QED) is 0.740. The Morgan fingerprint density at radius 1 is 1.26 bits per heavy atom. The first-order chi connectivity index (χ1) is 14.6. The van der Waals surface area contributed by atoms with Gasteiger partial charge < -0.3 is 19.9 Å². The molecule has 31 heavy (non-hydrogen) atoms. The van der Waals surface area contributed by atoms with Crippen molar-refractivity contribution >= 4 is 23.4 Å². The van der Waals surface area contributed by atoms with Gasteiger partial charge in [-0.2, -0.15) is 0 Å². The summed E-state index contributed by atoms with van der Waals surface area (Å²) in [6.45, 7) is 9.69. The molecule has 1 aromatic carbocycles. The van der Waals surface area contributed by atoms with Crippen LogP contribution in [0.3, 0.4) is 0 Å². The van der Waals surface area contributed by atoms with Gasteiger partial charge in [0.05, 0.1) is 5.69 Å². The number of benzene rings is 1. The smallest absolute Gasteiger partial charge is 0.410 e. The number of hydrogen-bond donors (Lipinski definition) is 1. The highest BCUT2D eigenvalue weighted by Crippen LogP contribution is 2.24. The highest BCUT2D eigenvalue weighted by atomic mass is 19.1. The number of piperidine rings is 1. The molecule has 3 rings (SSSR count). The molecule has 2 heterocycles. The SMILES string of the molecule is Cc1ccc(Nc2cc(N(C)CC3CCN(C(=O)OC(C)(C)C)CC3)ncn2)c(F)c1.